The van der Waals surface area contributed by atoms with Crippen molar-refractivity contribution in [3.05, 3.63) is 56.1 Å². The van der Waals surface area contributed by atoms with Gasteiger partial charge in [-0.3, -0.25) is 14.9 Å². The molecule has 146 valence electrons. The fourth-order valence-corrected chi connectivity index (χ4v) is 2.73. The van der Waals surface area contributed by atoms with Gasteiger partial charge in [0.15, 0.2) is 17.6 Å². The average Bonchev–Trinajstić information content (AvgIpc) is 3.10. The number of benzene rings is 2. The molecule has 1 atom stereocenters. The molecule has 2 aromatic rings. The van der Waals surface area contributed by atoms with Gasteiger partial charge in [-0.2, -0.15) is 5.10 Å². The second kappa shape index (κ2) is 8.32. The minimum absolute atomic E-state index is 0.0219. The first-order valence-corrected chi connectivity index (χ1v) is 8.63. The number of carbonyl (C=O) groups excluding carboxylic acids is 1. The van der Waals surface area contributed by atoms with Crippen LogP contribution < -0.4 is 19.6 Å². The Hall–Kier alpha value is -3.04. The van der Waals surface area contributed by atoms with Crippen molar-refractivity contribution in [2.75, 3.05) is 6.79 Å². The van der Waals surface area contributed by atoms with Gasteiger partial charge in [-0.1, -0.05) is 23.2 Å². The van der Waals surface area contributed by atoms with Crippen LogP contribution in [0, 0.1) is 10.1 Å². The highest BCUT2D eigenvalue weighted by Crippen LogP contribution is 2.37. The number of carbonyl (C=O) groups is 1. The molecule has 1 aliphatic rings. The molecule has 0 unspecified atom stereocenters. The van der Waals surface area contributed by atoms with E-state index in [1.54, 1.807) is 6.07 Å². The zero-order chi connectivity index (χ0) is 20.3. The molecule has 1 N–H and O–H groups in total. The second-order valence-corrected chi connectivity index (χ2v) is 6.43. The summed E-state index contributed by atoms with van der Waals surface area (Å²) < 4.78 is 15.8. The van der Waals surface area contributed by atoms with E-state index in [0.717, 1.165) is 6.21 Å². The van der Waals surface area contributed by atoms with Gasteiger partial charge in [0.2, 0.25) is 6.79 Å². The zero-order valence-corrected chi connectivity index (χ0v) is 15.9. The Morgan fingerprint density at radius 3 is 2.71 bits per heavy atom. The first kappa shape index (κ1) is 19.7. The smallest absolute Gasteiger partial charge is 0.282 e. The highest BCUT2D eigenvalue weighted by atomic mass is 35.5. The van der Waals surface area contributed by atoms with Crippen molar-refractivity contribution in [3.63, 3.8) is 0 Å². The van der Waals surface area contributed by atoms with Crippen LogP contribution in [0.3, 0.4) is 0 Å². The van der Waals surface area contributed by atoms with E-state index in [1.165, 1.54) is 31.2 Å². The van der Waals surface area contributed by atoms with Crippen LogP contribution in [0.4, 0.5) is 5.69 Å². The fourth-order valence-electron chi connectivity index (χ4n) is 2.28. The molecule has 0 bridgehead atoms. The van der Waals surface area contributed by atoms with Gasteiger partial charge in [0.25, 0.3) is 11.6 Å². The fraction of sp³-hybridized carbons (Fsp3) is 0.176. The van der Waals surface area contributed by atoms with Crippen molar-refractivity contribution in [1.29, 1.82) is 0 Å². The molecule has 0 fully saturated rings. The molecule has 9 nitrogen and oxygen atoms in total. The standard InChI is InChI=1S/C17H13Cl2N3O6/c1-9(28-14-3-2-11(18)5-12(14)19)17(23)21-20-7-10-4-15-16(27-8-26-15)6-13(10)22(24)25/h2-7,9H,8H2,1H3,(H,21,23)/b20-7-/t9-/m0/s1. The number of nitro groups is 1. The minimum atomic E-state index is -0.928. The lowest BCUT2D eigenvalue weighted by Crippen LogP contribution is -2.33. The van der Waals surface area contributed by atoms with E-state index in [4.69, 9.17) is 37.4 Å². The maximum absolute atomic E-state index is 12.1. The predicted molar refractivity (Wildman–Crippen MR) is 102 cm³/mol. The average molecular weight is 426 g/mol. The van der Waals surface area contributed by atoms with E-state index in [0.29, 0.717) is 10.8 Å². The molecule has 28 heavy (non-hydrogen) atoms. The number of ether oxygens (including phenoxy) is 3. The van der Waals surface area contributed by atoms with Crippen LogP contribution in [0.25, 0.3) is 0 Å². The molecule has 1 amide bonds. The van der Waals surface area contributed by atoms with Gasteiger partial charge in [-0.25, -0.2) is 5.43 Å². The van der Waals surface area contributed by atoms with Gasteiger partial charge in [-0.05, 0) is 31.2 Å². The monoisotopic (exact) mass is 425 g/mol. The first-order chi connectivity index (χ1) is 13.3. The van der Waals surface area contributed by atoms with Crippen LogP contribution in [0.2, 0.25) is 10.0 Å². The van der Waals surface area contributed by atoms with Crippen molar-refractivity contribution in [1.82, 2.24) is 5.43 Å². The van der Waals surface area contributed by atoms with Gasteiger partial charge in [0.1, 0.15) is 5.75 Å². The number of nitrogens with zero attached hydrogens (tertiary/aromatic N) is 2. The van der Waals surface area contributed by atoms with Crippen LogP contribution in [-0.2, 0) is 4.79 Å². The summed E-state index contributed by atoms with van der Waals surface area (Å²) >= 11 is 11.8. The third-order valence-electron chi connectivity index (χ3n) is 3.66. The number of hydrogen-bond donors (Lipinski definition) is 1. The molecule has 1 aliphatic heterocycles. The Labute approximate surface area is 168 Å². The number of amides is 1. The number of nitro benzene ring substituents is 1. The third-order valence-corrected chi connectivity index (χ3v) is 4.19. The van der Waals surface area contributed by atoms with Crippen LogP contribution in [0.1, 0.15) is 12.5 Å². The molecule has 2 aromatic carbocycles. The summed E-state index contributed by atoms with van der Waals surface area (Å²) in [5.74, 6) is 0.331. The molecule has 0 saturated carbocycles. The lowest BCUT2D eigenvalue weighted by molar-refractivity contribution is -0.385. The maximum atomic E-state index is 12.1. The SMILES string of the molecule is C[C@H](Oc1ccc(Cl)cc1Cl)C(=O)N/N=C\c1cc2c(cc1[N+](=O)[O-])OCO2. The number of hydrogen-bond acceptors (Lipinski definition) is 7. The molecular weight excluding hydrogens is 413 g/mol. The number of halogens is 2. The Balaban J connectivity index is 1.67. The normalized spacial score (nSPS) is 13.4. The van der Waals surface area contributed by atoms with Crippen LogP contribution in [0.5, 0.6) is 17.2 Å². The number of rotatable bonds is 6. The molecule has 0 aliphatic carbocycles. The molecule has 0 saturated heterocycles. The minimum Gasteiger partial charge on any atom is -0.479 e. The first-order valence-electron chi connectivity index (χ1n) is 7.88. The lowest BCUT2D eigenvalue weighted by Gasteiger charge is -2.14. The molecular formula is C17H13Cl2N3O6. The maximum Gasteiger partial charge on any atom is 0.282 e. The van der Waals surface area contributed by atoms with Crippen molar-refractivity contribution in [2.24, 2.45) is 5.10 Å². The van der Waals surface area contributed by atoms with Gasteiger partial charge in [0, 0.05) is 5.02 Å². The summed E-state index contributed by atoms with van der Waals surface area (Å²) in [5, 5.41) is 15.6. The highest BCUT2D eigenvalue weighted by Gasteiger charge is 2.22. The van der Waals surface area contributed by atoms with Crippen LogP contribution in [-0.4, -0.2) is 29.9 Å². The Morgan fingerprint density at radius 1 is 1.32 bits per heavy atom. The highest BCUT2D eigenvalue weighted by molar-refractivity contribution is 6.35. The number of fused-ring (bicyclic) bond motifs is 1. The second-order valence-electron chi connectivity index (χ2n) is 5.59. The van der Waals surface area contributed by atoms with Gasteiger partial charge in [-0.15, -0.1) is 0 Å². The largest absolute Gasteiger partial charge is 0.479 e. The van der Waals surface area contributed by atoms with Crippen LogP contribution >= 0.6 is 23.2 Å². The Morgan fingerprint density at radius 2 is 2.04 bits per heavy atom. The molecule has 1 heterocycles. The predicted octanol–water partition coefficient (Wildman–Crippen LogP) is 3.55. The van der Waals surface area contributed by atoms with Gasteiger partial charge < -0.3 is 14.2 Å². The molecule has 0 aromatic heterocycles. The van der Waals surface area contributed by atoms with E-state index in [9.17, 15) is 14.9 Å². The molecule has 3 rings (SSSR count). The van der Waals surface area contributed by atoms with Crippen LogP contribution in [0.15, 0.2) is 35.4 Å². The van der Waals surface area contributed by atoms with E-state index >= 15 is 0 Å². The number of nitrogens with one attached hydrogen (secondary N) is 1. The molecule has 0 radical (unpaired) electrons. The summed E-state index contributed by atoms with van der Waals surface area (Å²) in [7, 11) is 0. The quantitative estimate of drug-likeness (QED) is 0.430. The van der Waals surface area contributed by atoms with E-state index < -0.39 is 16.9 Å². The summed E-state index contributed by atoms with van der Waals surface area (Å²) in [5.41, 5.74) is 2.16. The Bertz CT molecular complexity index is 966. The van der Waals surface area contributed by atoms with Crippen molar-refractivity contribution >= 4 is 41.0 Å². The lowest BCUT2D eigenvalue weighted by atomic mass is 10.1. The molecule has 11 heteroatoms. The van der Waals surface area contributed by atoms with Gasteiger partial charge in [0.05, 0.1) is 27.8 Å². The van der Waals surface area contributed by atoms with E-state index in [-0.39, 0.29) is 34.6 Å². The third kappa shape index (κ3) is 4.44. The summed E-state index contributed by atoms with van der Waals surface area (Å²) in [4.78, 5) is 22.7. The van der Waals surface area contributed by atoms with E-state index in [2.05, 4.69) is 10.5 Å². The summed E-state index contributed by atoms with van der Waals surface area (Å²) in [6.07, 6.45) is 0.211. The molecule has 0 spiro atoms. The Kier molecular flexibility index (Phi) is 5.86. The van der Waals surface area contributed by atoms with Crippen molar-refractivity contribution < 1.29 is 23.9 Å². The summed E-state index contributed by atoms with van der Waals surface area (Å²) in [6, 6.07) is 7.24. The van der Waals surface area contributed by atoms with E-state index in [1.807, 2.05) is 0 Å². The zero-order valence-electron chi connectivity index (χ0n) is 14.3. The number of hydrazone groups is 1. The summed E-state index contributed by atoms with van der Waals surface area (Å²) in [6.45, 7) is 1.48. The van der Waals surface area contributed by atoms with Gasteiger partial charge >= 0.3 is 0 Å². The topological polar surface area (TPSA) is 112 Å². The van der Waals surface area contributed by atoms with Crippen molar-refractivity contribution in [3.8, 4) is 17.2 Å². The van der Waals surface area contributed by atoms with Crippen molar-refractivity contribution in [2.45, 2.75) is 13.0 Å².